The minimum absolute atomic E-state index is 0.174. The number of carbonyl (C=O) groups is 1. The molecule has 2 aliphatic rings. The molecule has 2 rings (SSSR count). The van der Waals surface area contributed by atoms with Crippen LogP contribution in [0.5, 0.6) is 0 Å². The topological polar surface area (TPSA) is 32.3 Å². The van der Waals surface area contributed by atoms with Crippen molar-refractivity contribution < 1.29 is 4.79 Å². The summed E-state index contributed by atoms with van der Waals surface area (Å²) in [5.74, 6) is 2.11. The van der Waals surface area contributed by atoms with Crippen LogP contribution in [0.2, 0.25) is 0 Å². The highest BCUT2D eigenvalue weighted by Gasteiger charge is 2.29. The molecule has 4 unspecified atom stereocenters. The molecule has 1 heterocycles. The van der Waals surface area contributed by atoms with Crippen LogP contribution in [0, 0.1) is 17.8 Å². The predicted octanol–water partition coefficient (Wildman–Crippen LogP) is 3.25. The molecular formula is C15H28N2O. The average molecular weight is 252 g/mol. The highest BCUT2D eigenvalue weighted by molar-refractivity contribution is 5.74. The second kappa shape index (κ2) is 5.94. The number of likely N-dealkylation sites (tertiary alicyclic amines) is 1. The van der Waals surface area contributed by atoms with Gasteiger partial charge in [-0.25, -0.2) is 4.79 Å². The highest BCUT2D eigenvalue weighted by Crippen LogP contribution is 2.28. The number of urea groups is 1. The molecule has 2 amide bonds. The second-order valence-corrected chi connectivity index (χ2v) is 6.64. The maximum absolute atomic E-state index is 12.3. The van der Waals surface area contributed by atoms with Crippen LogP contribution in [0.1, 0.15) is 52.9 Å². The Morgan fingerprint density at radius 2 is 1.89 bits per heavy atom. The van der Waals surface area contributed by atoms with Gasteiger partial charge in [0.25, 0.3) is 0 Å². The van der Waals surface area contributed by atoms with Crippen molar-refractivity contribution in [3.8, 4) is 0 Å². The van der Waals surface area contributed by atoms with E-state index < -0.39 is 0 Å². The SMILES string of the molecule is CC1CCC(NC(=O)N2CCCC(C)C2)C(C)C1. The second-order valence-electron chi connectivity index (χ2n) is 6.64. The molecule has 104 valence electrons. The number of carbonyl (C=O) groups excluding carboxylic acids is 1. The molecule has 0 aromatic carbocycles. The highest BCUT2D eigenvalue weighted by atomic mass is 16.2. The first-order valence-electron chi connectivity index (χ1n) is 7.61. The molecule has 4 atom stereocenters. The first-order chi connectivity index (χ1) is 8.56. The van der Waals surface area contributed by atoms with E-state index in [1.54, 1.807) is 0 Å². The zero-order chi connectivity index (χ0) is 13.1. The van der Waals surface area contributed by atoms with Gasteiger partial charge in [-0.05, 0) is 49.9 Å². The van der Waals surface area contributed by atoms with Gasteiger partial charge >= 0.3 is 6.03 Å². The maximum atomic E-state index is 12.3. The lowest BCUT2D eigenvalue weighted by Gasteiger charge is -2.36. The van der Waals surface area contributed by atoms with Crippen LogP contribution < -0.4 is 5.32 Å². The lowest BCUT2D eigenvalue weighted by Crippen LogP contribution is -2.51. The van der Waals surface area contributed by atoms with Crippen LogP contribution in [-0.2, 0) is 0 Å². The molecule has 1 aliphatic carbocycles. The molecule has 1 aliphatic heterocycles. The number of hydrogen-bond acceptors (Lipinski definition) is 1. The summed E-state index contributed by atoms with van der Waals surface area (Å²) in [7, 11) is 0. The van der Waals surface area contributed by atoms with E-state index in [4.69, 9.17) is 0 Å². The third kappa shape index (κ3) is 3.39. The Labute approximate surface area is 111 Å². The maximum Gasteiger partial charge on any atom is 0.317 e. The van der Waals surface area contributed by atoms with Crippen molar-refractivity contribution in [1.82, 2.24) is 10.2 Å². The Morgan fingerprint density at radius 3 is 2.56 bits per heavy atom. The number of rotatable bonds is 1. The average Bonchev–Trinajstić information content (AvgIpc) is 2.32. The fourth-order valence-corrected chi connectivity index (χ4v) is 3.50. The fourth-order valence-electron chi connectivity index (χ4n) is 3.50. The van der Waals surface area contributed by atoms with Gasteiger partial charge in [0.2, 0.25) is 0 Å². The summed E-state index contributed by atoms with van der Waals surface area (Å²) in [6.07, 6.45) is 6.08. The number of piperidine rings is 1. The standard InChI is InChI=1S/C15H28N2O/c1-11-6-7-14(13(3)9-11)16-15(18)17-8-4-5-12(2)10-17/h11-14H,4-10H2,1-3H3,(H,16,18). The fraction of sp³-hybridized carbons (Fsp3) is 0.933. The van der Waals surface area contributed by atoms with Gasteiger partial charge in [0.05, 0.1) is 0 Å². The first-order valence-corrected chi connectivity index (χ1v) is 7.61. The van der Waals surface area contributed by atoms with Crippen molar-refractivity contribution in [1.29, 1.82) is 0 Å². The Morgan fingerprint density at radius 1 is 1.11 bits per heavy atom. The molecule has 0 spiro atoms. The van der Waals surface area contributed by atoms with Crippen LogP contribution in [0.4, 0.5) is 4.79 Å². The minimum Gasteiger partial charge on any atom is -0.335 e. The Kier molecular flexibility index (Phi) is 4.52. The molecule has 3 heteroatoms. The first kappa shape index (κ1) is 13.7. The van der Waals surface area contributed by atoms with Crippen molar-refractivity contribution in [3.05, 3.63) is 0 Å². The molecule has 2 fully saturated rings. The summed E-state index contributed by atoms with van der Waals surface area (Å²) in [6.45, 7) is 8.71. The third-order valence-corrected chi connectivity index (χ3v) is 4.68. The zero-order valence-corrected chi connectivity index (χ0v) is 12.1. The number of amides is 2. The summed E-state index contributed by atoms with van der Waals surface area (Å²) in [5, 5.41) is 3.27. The van der Waals surface area contributed by atoms with Gasteiger partial charge in [-0.1, -0.05) is 20.8 Å². The molecule has 3 nitrogen and oxygen atoms in total. The van der Waals surface area contributed by atoms with E-state index in [9.17, 15) is 4.79 Å². The van der Waals surface area contributed by atoms with E-state index in [1.165, 1.54) is 19.3 Å². The largest absolute Gasteiger partial charge is 0.335 e. The van der Waals surface area contributed by atoms with Gasteiger partial charge in [0, 0.05) is 19.1 Å². The minimum atomic E-state index is 0.174. The molecule has 1 N–H and O–H groups in total. The summed E-state index contributed by atoms with van der Waals surface area (Å²) < 4.78 is 0. The summed E-state index contributed by atoms with van der Waals surface area (Å²) >= 11 is 0. The van der Waals surface area contributed by atoms with Crippen molar-refractivity contribution in [2.75, 3.05) is 13.1 Å². The molecule has 0 aromatic heterocycles. The van der Waals surface area contributed by atoms with Crippen LogP contribution in [-0.4, -0.2) is 30.1 Å². The molecule has 0 bridgehead atoms. The molecule has 0 radical (unpaired) electrons. The molecule has 1 saturated carbocycles. The van der Waals surface area contributed by atoms with Crippen LogP contribution in [0.3, 0.4) is 0 Å². The van der Waals surface area contributed by atoms with Gasteiger partial charge in [0.15, 0.2) is 0 Å². The molecule has 18 heavy (non-hydrogen) atoms. The van der Waals surface area contributed by atoms with E-state index in [0.29, 0.717) is 17.9 Å². The zero-order valence-electron chi connectivity index (χ0n) is 12.1. The van der Waals surface area contributed by atoms with E-state index in [1.807, 2.05) is 4.90 Å². The monoisotopic (exact) mass is 252 g/mol. The normalized spacial score (nSPS) is 37.4. The quantitative estimate of drug-likeness (QED) is 0.763. The number of nitrogens with one attached hydrogen (secondary N) is 1. The summed E-state index contributed by atoms with van der Waals surface area (Å²) in [5.41, 5.74) is 0. The van der Waals surface area contributed by atoms with E-state index in [0.717, 1.165) is 31.8 Å². The van der Waals surface area contributed by atoms with E-state index in [-0.39, 0.29) is 6.03 Å². The number of hydrogen-bond donors (Lipinski definition) is 1. The van der Waals surface area contributed by atoms with E-state index in [2.05, 4.69) is 26.1 Å². The Balaban J connectivity index is 1.83. The van der Waals surface area contributed by atoms with Gasteiger partial charge in [0.1, 0.15) is 0 Å². The van der Waals surface area contributed by atoms with Crippen LogP contribution in [0.25, 0.3) is 0 Å². The van der Waals surface area contributed by atoms with Crippen LogP contribution >= 0.6 is 0 Å². The van der Waals surface area contributed by atoms with Gasteiger partial charge in [-0.15, -0.1) is 0 Å². The summed E-state index contributed by atoms with van der Waals surface area (Å²) in [4.78, 5) is 14.3. The Bertz CT molecular complexity index is 292. The summed E-state index contributed by atoms with van der Waals surface area (Å²) in [6, 6.07) is 0.568. The predicted molar refractivity (Wildman–Crippen MR) is 74.5 cm³/mol. The van der Waals surface area contributed by atoms with Crippen molar-refractivity contribution >= 4 is 6.03 Å². The lowest BCUT2D eigenvalue weighted by molar-refractivity contribution is 0.153. The third-order valence-electron chi connectivity index (χ3n) is 4.68. The van der Waals surface area contributed by atoms with Crippen LogP contribution in [0.15, 0.2) is 0 Å². The van der Waals surface area contributed by atoms with Gasteiger partial charge in [-0.3, -0.25) is 0 Å². The van der Waals surface area contributed by atoms with Gasteiger partial charge < -0.3 is 10.2 Å². The van der Waals surface area contributed by atoms with Gasteiger partial charge in [-0.2, -0.15) is 0 Å². The van der Waals surface area contributed by atoms with Crippen molar-refractivity contribution in [2.45, 2.75) is 58.9 Å². The lowest BCUT2D eigenvalue weighted by atomic mass is 9.80. The smallest absolute Gasteiger partial charge is 0.317 e. The molecule has 1 saturated heterocycles. The molecule has 0 aromatic rings. The van der Waals surface area contributed by atoms with Crippen molar-refractivity contribution in [2.24, 2.45) is 17.8 Å². The Hall–Kier alpha value is -0.730. The number of nitrogens with zero attached hydrogens (tertiary/aromatic N) is 1. The van der Waals surface area contributed by atoms with Crippen molar-refractivity contribution in [3.63, 3.8) is 0 Å². The molecular weight excluding hydrogens is 224 g/mol. The van der Waals surface area contributed by atoms with E-state index >= 15 is 0 Å².